The number of benzene rings is 1. The van der Waals surface area contributed by atoms with Crippen LogP contribution in [0.4, 0.5) is 0 Å². The van der Waals surface area contributed by atoms with Crippen LogP contribution in [-0.2, 0) is 14.1 Å². The Labute approximate surface area is 127 Å². The molecule has 0 aliphatic rings. The van der Waals surface area contributed by atoms with E-state index in [-0.39, 0.29) is 5.69 Å². The van der Waals surface area contributed by atoms with E-state index >= 15 is 0 Å². The molecule has 3 heterocycles. The second kappa shape index (κ2) is 4.34. The molecule has 0 atom stereocenters. The highest BCUT2D eigenvalue weighted by Crippen LogP contribution is 2.21. The Kier molecular flexibility index (Phi) is 2.54. The van der Waals surface area contributed by atoms with Crippen molar-refractivity contribution in [3.63, 3.8) is 0 Å². The van der Waals surface area contributed by atoms with E-state index < -0.39 is 0 Å². The van der Waals surface area contributed by atoms with Crippen molar-refractivity contribution >= 4 is 22.1 Å². The summed E-state index contributed by atoms with van der Waals surface area (Å²) in [6, 6.07) is 11.9. The third-order valence-electron chi connectivity index (χ3n) is 4.31. The number of hydrogen-bond donors (Lipinski definition) is 0. The highest BCUT2D eigenvalue weighted by Gasteiger charge is 2.13. The van der Waals surface area contributed by atoms with Gasteiger partial charge in [-0.2, -0.15) is 0 Å². The van der Waals surface area contributed by atoms with Gasteiger partial charge < -0.3 is 4.57 Å². The zero-order valence-electron chi connectivity index (χ0n) is 12.7. The van der Waals surface area contributed by atoms with Gasteiger partial charge in [-0.05, 0) is 31.2 Å². The first-order valence-electron chi connectivity index (χ1n) is 7.17. The standard InChI is InChI=1S/C17H16N4O/c1-11-8-12-9-13(10-18-16(12)19(11)2)21-15-7-5-4-6-14(15)20(3)17(21)22/h4-10H,1-3H3. The summed E-state index contributed by atoms with van der Waals surface area (Å²) in [6.45, 7) is 2.05. The van der Waals surface area contributed by atoms with Gasteiger partial charge in [0, 0.05) is 25.2 Å². The summed E-state index contributed by atoms with van der Waals surface area (Å²) in [5, 5.41) is 1.04. The average molecular weight is 292 g/mol. The Morgan fingerprint density at radius 3 is 2.50 bits per heavy atom. The number of para-hydroxylation sites is 2. The maximum Gasteiger partial charge on any atom is 0.333 e. The first-order chi connectivity index (χ1) is 10.6. The molecule has 5 nitrogen and oxygen atoms in total. The van der Waals surface area contributed by atoms with Gasteiger partial charge in [0.25, 0.3) is 0 Å². The number of imidazole rings is 1. The van der Waals surface area contributed by atoms with Gasteiger partial charge in [-0.1, -0.05) is 12.1 Å². The van der Waals surface area contributed by atoms with Crippen LogP contribution in [0.1, 0.15) is 5.69 Å². The molecule has 0 radical (unpaired) electrons. The predicted octanol–water partition coefficient (Wildman–Crippen LogP) is 2.52. The van der Waals surface area contributed by atoms with Crippen LogP contribution in [0.2, 0.25) is 0 Å². The van der Waals surface area contributed by atoms with Gasteiger partial charge in [0.05, 0.1) is 22.9 Å². The molecular weight excluding hydrogens is 276 g/mol. The van der Waals surface area contributed by atoms with Crippen LogP contribution in [0.3, 0.4) is 0 Å². The van der Waals surface area contributed by atoms with Crippen molar-refractivity contribution in [2.75, 3.05) is 0 Å². The molecule has 4 rings (SSSR count). The van der Waals surface area contributed by atoms with Gasteiger partial charge >= 0.3 is 5.69 Å². The van der Waals surface area contributed by atoms with Crippen molar-refractivity contribution < 1.29 is 0 Å². The molecule has 0 spiro atoms. The second-order valence-corrected chi connectivity index (χ2v) is 5.62. The van der Waals surface area contributed by atoms with E-state index in [1.807, 2.05) is 48.9 Å². The topological polar surface area (TPSA) is 44.8 Å². The van der Waals surface area contributed by atoms with Crippen LogP contribution in [-0.4, -0.2) is 18.7 Å². The van der Waals surface area contributed by atoms with Crippen molar-refractivity contribution in [3.8, 4) is 5.69 Å². The minimum atomic E-state index is -0.0602. The molecule has 0 amide bonds. The number of fused-ring (bicyclic) bond motifs is 2. The molecule has 3 aromatic heterocycles. The average Bonchev–Trinajstić information content (AvgIpc) is 2.95. The molecule has 4 aromatic rings. The zero-order chi connectivity index (χ0) is 15.4. The van der Waals surface area contributed by atoms with Crippen molar-refractivity contribution in [1.29, 1.82) is 0 Å². The van der Waals surface area contributed by atoms with Crippen LogP contribution >= 0.6 is 0 Å². The molecule has 0 saturated heterocycles. The SMILES string of the molecule is Cc1cc2cc(-n3c(=O)n(C)c4ccccc43)cnc2n1C. The molecular formula is C17H16N4O. The maximum absolute atomic E-state index is 12.6. The van der Waals surface area contributed by atoms with Crippen molar-refractivity contribution in [2.24, 2.45) is 14.1 Å². The Morgan fingerprint density at radius 1 is 1.00 bits per heavy atom. The molecule has 110 valence electrons. The fourth-order valence-electron chi connectivity index (χ4n) is 3.00. The summed E-state index contributed by atoms with van der Waals surface area (Å²) in [5.41, 5.74) is 4.61. The number of nitrogens with zero attached hydrogens (tertiary/aromatic N) is 4. The van der Waals surface area contributed by atoms with E-state index in [2.05, 4.69) is 11.1 Å². The number of rotatable bonds is 1. The minimum Gasteiger partial charge on any atom is -0.333 e. The molecule has 0 saturated carbocycles. The monoisotopic (exact) mass is 292 g/mol. The van der Waals surface area contributed by atoms with Crippen LogP contribution in [0, 0.1) is 6.92 Å². The molecule has 1 aromatic carbocycles. The number of hydrogen-bond acceptors (Lipinski definition) is 2. The third-order valence-corrected chi connectivity index (χ3v) is 4.31. The predicted molar refractivity (Wildman–Crippen MR) is 87.5 cm³/mol. The molecule has 0 aliphatic heterocycles. The highest BCUT2D eigenvalue weighted by atomic mass is 16.1. The number of aromatic nitrogens is 4. The Hall–Kier alpha value is -2.82. The summed E-state index contributed by atoms with van der Waals surface area (Å²) >= 11 is 0. The Balaban J connectivity index is 2.07. The van der Waals surface area contributed by atoms with E-state index in [9.17, 15) is 4.79 Å². The van der Waals surface area contributed by atoms with Gasteiger partial charge in [0.1, 0.15) is 5.65 Å². The van der Waals surface area contributed by atoms with E-state index in [0.717, 1.165) is 33.4 Å². The quantitative estimate of drug-likeness (QED) is 0.541. The van der Waals surface area contributed by atoms with Crippen LogP contribution in [0.15, 0.2) is 47.4 Å². The smallest absolute Gasteiger partial charge is 0.333 e. The summed E-state index contributed by atoms with van der Waals surface area (Å²) in [6.07, 6.45) is 1.76. The van der Waals surface area contributed by atoms with Gasteiger partial charge in [0.15, 0.2) is 0 Å². The van der Waals surface area contributed by atoms with E-state index in [4.69, 9.17) is 0 Å². The summed E-state index contributed by atoms with van der Waals surface area (Å²) < 4.78 is 5.42. The molecule has 0 N–H and O–H groups in total. The highest BCUT2D eigenvalue weighted by molar-refractivity contribution is 5.82. The first kappa shape index (κ1) is 12.9. The van der Waals surface area contributed by atoms with Gasteiger partial charge in [-0.25, -0.2) is 9.78 Å². The zero-order valence-corrected chi connectivity index (χ0v) is 12.7. The fraction of sp³-hybridized carbons (Fsp3) is 0.176. The maximum atomic E-state index is 12.6. The van der Waals surface area contributed by atoms with Crippen LogP contribution in [0.25, 0.3) is 27.8 Å². The van der Waals surface area contributed by atoms with E-state index in [1.54, 1.807) is 22.4 Å². The molecule has 0 fully saturated rings. The first-order valence-corrected chi connectivity index (χ1v) is 7.17. The molecule has 0 bridgehead atoms. The molecule has 0 aliphatic carbocycles. The summed E-state index contributed by atoms with van der Waals surface area (Å²) in [5.74, 6) is 0. The van der Waals surface area contributed by atoms with Crippen molar-refractivity contribution in [1.82, 2.24) is 18.7 Å². The number of pyridine rings is 1. The molecule has 22 heavy (non-hydrogen) atoms. The van der Waals surface area contributed by atoms with Gasteiger partial charge in [-0.15, -0.1) is 0 Å². The lowest BCUT2D eigenvalue weighted by molar-refractivity contribution is 0.844. The Bertz CT molecular complexity index is 1080. The molecule has 5 heteroatoms. The van der Waals surface area contributed by atoms with Crippen molar-refractivity contribution in [3.05, 3.63) is 58.8 Å². The number of aryl methyl sites for hydroxylation is 3. The van der Waals surface area contributed by atoms with Gasteiger partial charge in [0.2, 0.25) is 0 Å². The van der Waals surface area contributed by atoms with E-state index in [1.165, 1.54) is 0 Å². The lowest BCUT2D eigenvalue weighted by Crippen LogP contribution is -2.20. The minimum absolute atomic E-state index is 0.0602. The lowest BCUT2D eigenvalue weighted by Gasteiger charge is -2.04. The normalized spacial score (nSPS) is 11.6. The van der Waals surface area contributed by atoms with E-state index in [0.29, 0.717) is 0 Å². The molecule has 0 unspecified atom stereocenters. The third kappa shape index (κ3) is 1.59. The fourth-order valence-corrected chi connectivity index (χ4v) is 3.00. The summed E-state index contributed by atoms with van der Waals surface area (Å²) in [4.78, 5) is 17.1. The van der Waals surface area contributed by atoms with Crippen LogP contribution in [0.5, 0.6) is 0 Å². The van der Waals surface area contributed by atoms with Crippen LogP contribution < -0.4 is 5.69 Å². The largest absolute Gasteiger partial charge is 0.333 e. The Morgan fingerprint density at radius 2 is 1.73 bits per heavy atom. The summed E-state index contributed by atoms with van der Waals surface area (Å²) in [7, 11) is 3.79. The van der Waals surface area contributed by atoms with Gasteiger partial charge in [-0.3, -0.25) is 9.13 Å². The van der Waals surface area contributed by atoms with Crippen molar-refractivity contribution in [2.45, 2.75) is 6.92 Å². The second-order valence-electron chi connectivity index (χ2n) is 5.62. The lowest BCUT2D eigenvalue weighted by atomic mass is 10.3.